The predicted molar refractivity (Wildman–Crippen MR) is 74.6 cm³/mol. The molecule has 0 saturated heterocycles. The number of nitrogens with zero attached hydrogens (tertiary/aromatic N) is 1. The van der Waals surface area contributed by atoms with Crippen molar-refractivity contribution in [2.75, 3.05) is 37.4 Å². The van der Waals surface area contributed by atoms with Gasteiger partial charge in [0.15, 0.2) is 0 Å². The van der Waals surface area contributed by atoms with E-state index in [2.05, 4.69) is 0 Å². The van der Waals surface area contributed by atoms with E-state index in [9.17, 15) is 9.90 Å². The number of nitrogen functional groups attached to an aromatic ring is 1. The molecular formula is C14H20N2O3. The van der Waals surface area contributed by atoms with Gasteiger partial charge in [0, 0.05) is 20.2 Å². The number of benzene rings is 1. The molecule has 1 saturated carbocycles. The van der Waals surface area contributed by atoms with Crippen LogP contribution in [-0.2, 0) is 4.74 Å². The standard InChI is InChI=1S/C14H20N2O3/c1-16(7-8-19-9-10-5-6-10)13-11(14(17)18)3-2-4-12(13)15/h2-4,10H,5-9,15H2,1H3,(H,17,18). The number of nitrogens with two attached hydrogens (primary N) is 1. The molecule has 2 rings (SSSR count). The molecule has 0 aliphatic heterocycles. The van der Waals surface area contributed by atoms with Gasteiger partial charge in [0.25, 0.3) is 0 Å². The lowest BCUT2D eigenvalue weighted by atomic mass is 10.1. The van der Waals surface area contributed by atoms with Crippen LogP contribution in [0.3, 0.4) is 0 Å². The van der Waals surface area contributed by atoms with Crippen LogP contribution in [0.15, 0.2) is 18.2 Å². The summed E-state index contributed by atoms with van der Waals surface area (Å²) in [5.74, 6) is -0.227. The maximum Gasteiger partial charge on any atom is 0.337 e. The number of carboxylic acids is 1. The van der Waals surface area contributed by atoms with Gasteiger partial charge in [-0.2, -0.15) is 0 Å². The lowest BCUT2D eigenvalue weighted by molar-refractivity contribution is 0.0697. The molecule has 1 aromatic rings. The molecule has 0 aromatic heterocycles. The largest absolute Gasteiger partial charge is 0.478 e. The molecule has 104 valence electrons. The average Bonchev–Trinajstić information content (AvgIpc) is 3.18. The van der Waals surface area contributed by atoms with Gasteiger partial charge in [-0.1, -0.05) is 6.07 Å². The third kappa shape index (κ3) is 3.61. The third-order valence-electron chi connectivity index (χ3n) is 3.30. The topological polar surface area (TPSA) is 75.8 Å². The van der Waals surface area contributed by atoms with E-state index in [0.717, 1.165) is 12.5 Å². The number of hydrogen-bond donors (Lipinski definition) is 2. The second-order valence-corrected chi connectivity index (χ2v) is 4.99. The summed E-state index contributed by atoms with van der Waals surface area (Å²) in [4.78, 5) is 13.0. The number of carbonyl (C=O) groups is 1. The first-order valence-electron chi connectivity index (χ1n) is 6.50. The molecule has 1 fully saturated rings. The maximum absolute atomic E-state index is 11.2. The summed E-state index contributed by atoms with van der Waals surface area (Å²) in [6.07, 6.45) is 2.54. The van der Waals surface area contributed by atoms with E-state index in [4.69, 9.17) is 10.5 Å². The highest BCUT2D eigenvalue weighted by atomic mass is 16.5. The quantitative estimate of drug-likeness (QED) is 0.580. The van der Waals surface area contributed by atoms with Crippen LogP contribution >= 0.6 is 0 Å². The SMILES string of the molecule is CN(CCOCC1CC1)c1c(N)cccc1C(=O)O. The highest BCUT2D eigenvalue weighted by Gasteiger charge is 2.21. The summed E-state index contributed by atoms with van der Waals surface area (Å²) in [6.45, 7) is 2.02. The van der Waals surface area contributed by atoms with Gasteiger partial charge in [-0.05, 0) is 30.9 Å². The van der Waals surface area contributed by atoms with E-state index >= 15 is 0 Å². The van der Waals surface area contributed by atoms with Crippen LogP contribution in [0.4, 0.5) is 11.4 Å². The minimum absolute atomic E-state index is 0.227. The van der Waals surface area contributed by atoms with Crippen LogP contribution in [0.1, 0.15) is 23.2 Å². The minimum Gasteiger partial charge on any atom is -0.478 e. The lowest BCUT2D eigenvalue weighted by Gasteiger charge is -2.22. The van der Waals surface area contributed by atoms with E-state index in [1.165, 1.54) is 12.8 Å². The van der Waals surface area contributed by atoms with Gasteiger partial charge in [0.05, 0.1) is 23.5 Å². The van der Waals surface area contributed by atoms with Crippen molar-refractivity contribution >= 4 is 17.3 Å². The third-order valence-corrected chi connectivity index (χ3v) is 3.30. The molecule has 1 aromatic carbocycles. The maximum atomic E-state index is 11.2. The molecule has 3 N–H and O–H groups in total. The second-order valence-electron chi connectivity index (χ2n) is 4.99. The first kappa shape index (κ1) is 13.7. The van der Waals surface area contributed by atoms with Gasteiger partial charge >= 0.3 is 5.97 Å². The predicted octanol–water partition coefficient (Wildman–Crippen LogP) is 1.83. The monoisotopic (exact) mass is 264 g/mol. The highest BCUT2D eigenvalue weighted by molar-refractivity contribution is 5.97. The molecule has 19 heavy (non-hydrogen) atoms. The average molecular weight is 264 g/mol. The first-order valence-corrected chi connectivity index (χ1v) is 6.50. The Balaban J connectivity index is 1.96. The van der Waals surface area contributed by atoms with Gasteiger partial charge in [-0.25, -0.2) is 4.79 Å². The number of likely N-dealkylation sites (N-methyl/N-ethyl adjacent to an activating group) is 1. The van der Waals surface area contributed by atoms with E-state index in [0.29, 0.717) is 24.5 Å². The van der Waals surface area contributed by atoms with Crippen molar-refractivity contribution < 1.29 is 14.6 Å². The van der Waals surface area contributed by atoms with Crippen molar-refractivity contribution in [3.8, 4) is 0 Å². The van der Waals surface area contributed by atoms with Gasteiger partial charge in [0.1, 0.15) is 0 Å². The number of anilines is 2. The zero-order valence-electron chi connectivity index (χ0n) is 11.1. The Hall–Kier alpha value is -1.75. The number of ether oxygens (including phenoxy) is 1. The Labute approximate surface area is 113 Å². The molecule has 0 spiro atoms. The van der Waals surface area contributed by atoms with Crippen LogP contribution in [0.5, 0.6) is 0 Å². The molecule has 1 aliphatic rings. The van der Waals surface area contributed by atoms with E-state index in [1.807, 2.05) is 11.9 Å². The van der Waals surface area contributed by atoms with Crippen LogP contribution < -0.4 is 10.6 Å². The Kier molecular flexibility index (Phi) is 4.27. The summed E-state index contributed by atoms with van der Waals surface area (Å²) < 4.78 is 5.56. The van der Waals surface area contributed by atoms with Crippen molar-refractivity contribution in [2.45, 2.75) is 12.8 Å². The van der Waals surface area contributed by atoms with Crippen LogP contribution in [-0.4, -0.2) is 37.9 Å². The van der Waals surface area contributed by atoms with Gasteiger partial charge in [-0.15, -0.1) is 0 Å². The summed E-state index contributed by atoms with van der Waals surface area (Å²) in [5.41, 5.74) is 7.14. The molecule has 0 amide bonds. The fraction of sp³-hybridized carbons (Fsp3) is 0.500. The molecule has 5 heteroatoms. The van der Waals surface area contributed by atoms with E-state index in [-0.39, 0.29) is 5.56 Å². The Morgan fingerprint density at radius 3 is 2.89 bits per heavy atom. The number of aromatic carboxylic acids is 1. The van der Waals surface area contributed by atoms with Crippen LogP contribution in [0.25, 0.3) is 0 Å². The van der Waals surface area contributed by atoms with Crippen LogP contribution in [0.2, 0.25) is 0 Å². The highest BCUT2D eigenvalue weighted by Crippen LogP contribution is 2.29. The molecular weight excluding hydrogens is 244 g/mol. The molecule has 0 atom stereocenters. The Morgan fingerprint density at radius 2 is 2.26 bits per heavy atom. The fourth-order valence-electron chi connectivity index (χ4n) is 2.01. The molecule has 0 heterocycles. The summed E-state index contributed by atoms with van der Waals surface area (Å²) in [7, 11) is 1.83. The van der Waals surface area contributed by atoms with Crippen molar-refractivity contribution in [2.24, 2.45) is 5.92 Å². The normalized spacial score (nSPS) is 14.4. The molecule has 0 bridgehead atoms. The van der Waals surface area contributed by atoms with Gasteiger partial charge < -0.3 is 20.5 Å². The number of rotatable bonds is 7. The Bertz CT molecular complexity index is 458. The van der Waals surface area contributed by atoms with Crippen molar-refractivity contribution in [3.63, 3.8) is 0 Å². The smallest absolute Gasteiger partial charge is 0.337 e. The lowest BCUT2D eigenvalue weighted by Crippen LogP contribution is -2.25. The first-order chi connectivity index (χ1) is 9.09. The minimum atomic E-state index is -0.965. The molecule has 0 unspecified atom stereocenters. The summed E-state index contributed by atoms with van der Waals surface area (Å²) in [5, 5.41) is 9.18. The van der Waals surface area contributed by atoms with Gasteiger partial charge in [0.2, 0.25) is 0 Å². The molecule has 5 nitrogen and oxygen atoms in total. The van der Waals surface area contributed by atoms with E-state index in [1.54, 1.807) is 18.2 Å². The van der Waals surface area contributed by atoms with Crippen molar-refractivity contribution in [3.05, 3.63) is 23.8 Å². The second kappa shape index (κ2) is 5.93. The zero-order chi connectivity index (χ0) is 13.8. The molecule has 0 radical (unpaired) electrons. The van der Waals surface area contributed by atoms with Crippen molar-refractivity contribution in [1.82, 2.24) is 0 Å². The fourth-order valence-corrected chi connectivity index (χ4v) is 2.01. The summed E-state index contributed by atoms with van der Waals surface area (Å²) in [6, 6.07) is 4.93. The van der Waals surface area contributed by atoms with E-state index < -0.39 is 5.97 Å². The number of carboxylic acid groups (broad SMARTS) is 1. The van der Waals surface area contributed by atoms with Crippen molar-refractivity contribution in [1.29, 1.82) is 0 Å². The molecule has 1 aliphatic carbocycles. The Morgan fingerprint density at radius 1 is 1.53 bits per heavy atom. The number of hydrogen-bond acceptors (Lipinski definition) is 4. The van der Waals surface area contributed by atoms with Crippen LogP contribution in [0, 0.1) is 5.92 Å². The zero-order valence-corrected chi connectivity index (χ0v) is 11.1. The van der Waals surface area contributed by atoms with Gasteiger partial charge in [-0.3, -0.25) is 0 Å². The number of para-hydroxylation sites is 1. The summed E-state index contributed by atoms with van der Waals surface area (Å²) >= 11 is 0.